The third-order valence-electron chi connectivity index (χ3n) is 4.24. The molecule has 0 spiro atoms. The van der Waals surface area contributed by atoms with E-state index < -0.39 is 0 Å². The first-order valence-corrected chi connectivity index (χ1v) is 8.39. The van der Waals surface area contributed by atoms with Crippen LogP contribution in [0.4, 0.5) is 4.39 Å². The van der Waals surface area contributed by atoms with Crippen LogP contribution in [0.25, 0.3) is 0 Å². The molecule has 6 heteroatoms. The van der Waals surface area contributed by atoms with Gasteiger partial charge in [-0.25, -0.2) is 4.39 Å². The van der Waals surface area contributed by atoms with Crippen LogP contribution in [0.5, 0.6) is 0 Å². The summed E-state index contributed by atoms with van der Waals surface area (Å²) >= 11 is 0. The third kappa shape index (κ3) is 5.60. The van der Waals surface area contributed by atoms with Crippen molar-refractivity contribution in [1.82, 2.24) is 9.80 Å². The Morgan fingerprint density at radius 3 is 2.29 bits per heavy atom. The Hall–Kier alpha value is -1.95. The van der Waals surface area contributed by atoms with E-state index in [4.69, 9.17) is 4.74 Å². The summed E-state index contributed by atoms with van der Waals surface area (Å²) in [7, 11) is 1.51. The van der Waals surface area contributed by atoms with Gasteiger partial charge in [-0.1, -0.05) is 12.1 Å². The van der Waals surface area contributed by atoms with Crippen LogP contribution in [-0.4, -0.2) is 61.5 Å². The molecule has 1 aliphatic rings. The Morgan fingerprint density at radius 1 is 1.04 bits per heavy atom. The number of carbonyl (C=O) groups excluding carboxylic acids is 2. The topological polar surface area (TPSA) is 49.9 Å². The summed E-state index contributed by atoms with van der Waals surface area (Å²) in [6.45, 7) is 2.58. The second-order valence-electron chi connectivity index (χ2n) is 6.03. The Balaban J connectivity index is 1.74. The highest BCUT2D eigenvalue weighted by Gasteiger charge is 2.21. The molecule has 132 valence electrons. The van der Waals surface area contributed by atoms with Gasteiger partial charge in [-0.05, 0) is 37.0 Å². The second kappa shape index (κ2) is 9.37. The average molecular weight is 336 g/mol. The van der Waals surface area contributed by atoms with Gasteiger partial charge in [0.1, 0.15) is 12.4 Å². The van der Waals surface area contributed by atoms with Crippen molar-refractivity contribution in [2.75, 3.05) is 39.9 Å². The number of aryl methyl sites for hydroxylation is 1. The highest BCUT2D eigenvalue weighted by Crippen LogP contribution is 2.10. The number of amides is 2. The number of rotatable bonds is 6. The molecule has 24 heavy (non-hydrogen) atoms. The van der Waals surface area contributed by atoms with Crippen molar-refractivity contribution >= 4 is 11.8 Å². The summed E-state index contributed by atoms with van der Waals surface area (Å²) < 4.78 is 17.7. The van der Waals surface area contributed by atoms with Crippen LogP contribution in [0.3, 0.4) is 0 Å². The Labute approximate surface area is 142 Å². The highest BCUT2D eigenvalue weighted by atomic mass is 19.1. The fourth-order valence-electron chi connectivity index (χ4n) is 2.88. The average Bonchev–Trinajstić information content (AvgIpc) is 2.83. The summed E-state index contributed by atoms with van der Waals surface area (Å²) in [6.07, 6.45) is 2.77. The molecule has 1 saturated heterocycles. The molecule has 0 saturated carbocycles. The summed E-state index contributed by atoms with van der Waals surface area (Å²) in [4.78, 5) is 27.8. The van der Waals surface area contributed by atoms with Crippen molar-refractivity contribution in [2.45, 2.75) is 25.7 Å². The zero-order chi connectivity index (χ0) is 17.4. The Morgan fingerprint density at radius 2 is 1.67 bits per heavy atom. The van der Waals surface area contributed by atoms with Crippen LogP contribution in [0, 0.1) is 5.82 Å². The molecule has 0 unspecified atom stereocenters. The van der Waals surface area contributed by atoms with Gasteiger partial charge in [0, 0.05) is 39.7 Å². The van der Waals surface area contributed by atoms with Crippen molar-refractivity contribution in [1.29, 1.82) is 0 Å². The first-order valence-electron chi connectivity index (χ1n) is 8.39. The second-order valence-corrected chi connectivity index (χ2v) is 6.03. The molecule has 0 N–H and O–H groups in total. The molecule has 0 aromatic heterocycles. The van der Waals surface area contributed by atoms with Crippen LogP contribution in [0.2, 0.25) is 0 Å². The lowest BCUT2D eigenvalue weighted by atomic mass is 10.1. The molecule has 5 nitrogen and oxygen atoms in total. The molecule has 1 aromatic rings. The van der Waals surface area contributed by atoms with Crippen molar-refractivity contribution < 1.29 is 18.7 Å². The largest absolute Gasteiger partial charge is 0.375 e. The van der Waals surface area contributed by atoms with Gasteiger partial charge in [-0.2, -0.15) is 0 Å². The quantitative estimate of drug-likeness (QED) is 0.797. The van der Waals surface area contributed by atoms with Crippen LogP contribution in [-0.2, 0) is 20.7 Å². The monoisotopic (exact) mass is 336 g/mol. The van der Waals surface area contributed by atoms with E-state index in [1.165, 1.54) is 19.2 Å². The molecule has 1 aromatic carbocycles. The van der Waals surface area contributed by atoms with E-state index in [9.17, 15) is 14.0 Å². The predicted octanol–water partition coefficient (Wildman–Crippen LogP) is 1.86. The van der Waals surface area contributed by atoms with Gasteiger partial charge >= 0.3 is 0 Å². The molecule has 1 heterocycles. The number of nitrogens with zero attached hydrogens (tertiary/aromatic N) is 2. The minimum atomic E-state index is -0.244. The minimum Gasteiger partial charge on any atom is -0.375 e. The maximum atomic E-state index is 12.9. The Kier molecular flexibility index (Phi) is 7.18. The maximum absolute atomic E-state index is 12.9. The predicted molar refractivity (Wildman–Crippen MR) is 89.0 cm³/mol. The summed E-state index contributed by atoms with van der Waals surface area (Å²) in [6, 6.07) is 6.39. The molecule has 0 radical (unpaired) electrons. The summed E-state index contributed by atoms with van der Waals surface area (Å²) in [5, 5.41) is 0. The van der Waals surface area contributed by atoms with Crippen molar-refractivity contribution in [3.8, 4) is 0 Å². The van der Waals surface area contributed by atoms with E-state index >= 15 is 0 Å². The number of benzene rings is 1. The lowest BCUT2D eigenvalue weighted by Crippen LogP contribution is -2.38. The number of carbonyl (C=O) groups is 2. The van der Waals surface area contributed by atoms with Crippen LogP contribution in [0.15, 0.2) is 24.3 Å². The van der Waals surface area contributed by atoms with E-state index in [-0.39, 0.29) is 24.2 Å². The first-order chi connectivity index (χ1) is 11.6. The van der Waals surface area contributed by atoms with Gasteiger partial charge in [0.2, 0.25) is 11.8 Å². The van der Waals surface area contributed by atoms with Crippen LogP contribution in [0.1, 0.15) is 24.8 Å². The number of halogens is 1. The van der Waals surface area contributed by atoms with Gasteiger partial charge in [0.25, 0.3) is 0 Å². The molecule has 2 rings (SSSR count). The van der Waals surface area contributed by atoms with Crippen molar-refractivity contribution in [3.63, 3.8) is 0 Å². The molecular weight excluding hydrogens is 311 g/mol. The molecule has 1 fully saturated rings. The van der Waals surface area contributed by atoms with E-state index in [2.05, 4.69) is 0 Å². The molecule has 1 aliphatic heterocycles. The molecule has 0 aliphatic carbocycles. The number of ether oxygens (including phenoxy) is 1. The fraction of sp³-hybridized carbons (Fsp3) is 0.556. The smallest absolute Gasteiger partial charge is 0.248 e. The SMILES string of the molecule is COCC(=O)N1CCCN(C(=O)CCCc2ccc(F)cc2)CC1. The lowest BCUT2D eigenvalue weighted by Gasteiger charge is -2.22. The van der Waals surface area contributed by atoms with Gasteiger partial charge in [0.15, 0.2) is 0 Å². The van der Waals surface area contributed by atoms with Crippen LogP contribution >= 0.6 is 0 Å². The number of hydrogen-bond acceptors (Lipinski definition) is 3. The Bertz CT molecular complexity index is 548. The number of methoxy groups -OCH3 is 1. The highest BCUT2D eigenvalue weighted by molar-refractivity contribution is 5.78. The minimum absolute atomic E-state index is 0.0249. The zero-order valence-electron chi connectivity index (χ0n) is 14.2. The molecule has 2 amide bonds. The summed E-state index contributed by atoms with van der Waals surface area (Å²) in [5.41, 5.74) is 1.04. The van der Waals surface area contributed by atoms with Gasteiger partial charge in [-0.15, -0.1) is 0 Å². The first kappa shape index (κ1) is 18.4. The van der Waals surface area contributed by atoms with Crippen LogP contribution < -0.4 is 0 Å². The van der Waals surface area contributed by atoms with Crippen molar-refractivity contribution in [3.05, 3.63) is 35.6 Å². The molecular formula is C18H25FN2O3. The number of hydrogen-bond donors (Lipinski definition) is 0. The van der Waals surface area contributed by atoms with Crippen molar-refractivity contribution in [2.24, 2.45) is 0 Å². The molecule has 0 bridgehead atoms. The van der Waals surface area contributed by atoms with Gasteiger partial charge in [0.05, 0.1) is 0 Å². The van der Waals surface area contributed by atoms with E-state index in [0.29, 0.717) is 32.6 Å². The zero-order valence-corrected chi connectivity index (χ0v) is 14.2. The van der Waals surface area contributed by atoms with E-state index in [1.54, 1.807) is 17.0 Å². The van der Waals surface area contributed by atoms with E-state index in [1.807, 2.05) is 4.90 Å². The van der Waals surface area contributed by atoms with Gasteiger partial charge in [-0.3, -0.25) is 9.59 Å². The standard InChI is InChI=1S/C18H25FN2O3/c1-24-14-18(23)21-11-3-10-20(12-13-21)17(22)5-2-4-15-6-8-16(19)9-7-15/h6-9H,2-5,10-14H2,1H3. The van der Waals surface area contributed by atoms with E-state index in [0.717, 1.165) is 24.8 Å². The summed E-state index contributed by atoms with van der Waals surface area (Å²) in [5.74, 6) is -0.145. The lowest BCUT2D eigenvalue weighted by molar-refractivity contribution is -0.136. The molecule has 0 atom stereocenters. The third-order valence-corrected chi connectivity index (χ3v) is 4.24. The maximum Gasteiger partial charge on any atom is 0.248 e. The normalized spacial score (nSPS) is 15.2. The fourth-order valence-corrected chi connectivity index (χ4v) is 2.88. The van der Waals surface area contributed by atoms with Gasteiger partial charge < -0.3 is 14.5 Å².